The van der Waals surface area contributed by atoms with Crippen LogP contribution >= 0.6 is 11.3 Å². The van der Waals surface area contributed by atoms with Gasteiger partial charge < -0.3 is 18.9 Å². The van der Waals surface area contributed by atoms with Gasteiger partial charge in [-0.05, 0) is 18.2 Å². The molecule has 0 atom stereocenters. The Kier molecular flexibility index (Phi) is 5.51. The SMILES string of the molecule is COc1ccc(C(=O)NNc2nc3c(OC)cc(OC)cc3s2)c(OC)c1. The van der Waals surface area contributed by atoms with E-state index in [9.17, 15) is 4.79 Å². The smallest absolute Gasteiger partial charge is 0.273 e. The predicted octanol–water partition coefficient (Wildman–Crippen LogP) is 3.09. The van der Waals surface area contributed by atoms with Crippen molar-refractivity contribution in [2.75, 3.05) is 33.9 Å². The molecule has 0 aliphatic heterocycles. The molecule has 2 N–H and O–H groups in total. The highest BCUT2D eigenvalue weighted by Crippen LogP contribution is 2.36. The zero-order valence-electron chi connectivity index (χ0n) is 15.3. The zero-order valence-corrected chi connectivity index (χ0v) is 16.1. The van der Waals surface area contributed by atoms with Gasteiger partial charge in [0.05, 0.1) is 38.7 Å². The third-order valence-electron chi connectivity index (χ3n) is 3.83. The molecule has 1 amide bonds. The molecule has 0 aliphatic carbocycles. The van der Waals surface area contributed by atoms with Crippen molar-refractivity contribution < 1.29 is 23.7 Å². The highest BCUT2D eigenvalue weighted by Gasteiger charge is 2.15. The molecule has 0 bridgehead atoms. The van der Waals surface area contributed by atoms with E-state index in [2.05, 4.69) is 15.8 Å². The lowest BCUT2D eigenvalue weighted by Crippen LogP contribution is -2.29. The Morgan fingerprint density at radius 3 is 2.30 bits per heavy atom. The van der Waals surface area contributed by atoms with Gasteiger partial charge >= 0.3 is 0 Å². The van der Waals surface area contributed by atoms with Crippen LogP contribution in [-0.4, -0.2) is 39.3 Å². The van der Waals surface area contributed by atoms with Crippen molar-refractivity contribution in [3.63, 3.8) is 0 Å². The molecule has 0 saturated carbocycles. The van der Waals surface area contributed by atoms with E-state index >= 15 is 0 Å². The number of carbonyl (C=O) groups excluding carboxylic acids is 1. The normalized spacial score (nSPS) is 10.4. The van der Waals surface area contributed by atoms with Crippen molar-refractivity contribution in [2.45, 2.75) is 0 Å². The summed E-state index contributed by atoms with van der Waals surface area (Å²) in [5, 5.41) is 0.511. The summed E-state index contributed by atoms with van der Waals surface area (Å²) in [6.45, 7) is 0. The maximum Gasteiger partial charge on any atom is 0.273 e. The Hall–Kier alpha value is -3.20. The van der Waals surface area contributed by atoms with E-state index in [1.165, 1.54) is 18.4 Å². The summed E-state index contributed by atoms with van der Waals surface area (Å²) >= 11 is 1.36. The summed E-state index contributed by atoms with van der Waals surface area (Å²) in [5.74, 6) is 1.91. The number of hydrogen-bond donors (Lipinski definition) is 2. The summed E-state index contributed by atoms with van der Waals surface area (Å²) in [5.41, 5.74) is 6.50. The summed E-state index contributed by atoms with van der Waals surface area (Å²) < 4.78 is 21.9. The number of ether oxygens (including phenoxy) is 4. The van der Waals surface area contributed by atoms with Crippen LogP contribution in [0.1, 0.15) is 10.4 Å². The van der Waals surface area contributed by atoms with E-state index in [1.54, 1.807) is 45.6 Å². The number of nitrogens with one attached hydrogen (secondary N) is 2. The van der Waals surface area contributed by atoms with Crippen LogP contribution in [0.15, 0.2) is 30.3 Å². The molecule has 0 radical (unpaired) electrons. The van der Waals surface area contributed by atoms with Crippen molar-refractivity contribution in [3.8, 4) is 23.0 Å². The second-order valence-corrected chi connectivity index (χ2v) is 6.37. The zero-order chi connectivity index (χ0) is 19.4. The number of benzene rings is 2. The van der Waals surface area contributed by atoms with Crippen LogP contribution in [-0.2, 0) is 0 Å². The standard InChI is InChI=1S/C18H19N3O5S/c1-23-10-5-6-12(13(7-10)25-3)17(22)20-21-18-19-16-14(26-4)8-11(24-2)9-15(16)27-18/h5-9H,1-4H3,(H,19,21)(H,20,22). The number of hydrogen-bond acceptors (Lipinski definition) is 8. The highest BCUT2D eigenvalue weighted by atomic mass is 32.1. The summed E-state index contributed by atoms with van der Waals surface area (Å²) in [4.78, 5) is 16.9. The number of hydrazine groups is 1. The van der Waals surface area contributed by atoms with Crippen LogP contribution in [0.2, 0.25) is 0 Å². The van der Waals surface area contributed by atoms with E-state index < -0.39 is 0 Å². The van der Waals surface area contributed by atoms with Gasteiger partial charge in [0.15, 0.2) is 0 Å². The number of amides is 1. The fourth-order valence-electron chi connectivity index (χ4n) is 2.47. The Morgan fingerprint density at radius 2 is 1.63 bits per heavy atom. The molecular formula is C18H19N3O5S. The van der Waals surface area contributed by atoms with Gasteiger partial charge in [0.2, 0.25) is 5.13 Å². The van der Waals surface area contributed by atoms with Gasteiger partial charge in [0.1, 0.15) is 28.5 Å². The Bertz CT molecular complexity index is 973. The molecule has 8 nitrogen and oxygen atoms in total. The molecule has 1 heterocycles. The summed E-state index contributed by atoms with van der Waals surface area (Å²) in [7, 11) is 6.19. The van der Waals surface area contributed by atoms with E-state index in [0.29, 0.717) is 39.2 Å². The van der Waals surface area contributed by atoms with Gasteiger partial charge in [-0.1, -0.05) is 11.3 Å². The number of rotatable bonds is 7. The lowest BCUT2D eigenvalue weighted by Gasteiger charge is -2.10. The largest absolute Gasteiger partial charge is 0.497 e. The molecule has 27 heavy (non-hydrogen) atoms. The molecule has 0 spiro atoms. The molecule has 0 saturated heterocycles. The first-order valence-corrected chi connectivity index (χ1v) is 8.72. The van der Waals surface area contributed by atoms with Crippen LogP contribution in [0.4, 0.5) is 5.13 Å². The molecule has 0 aliphatic rings. The molecule has 1 aromatic heterocycles. The van der Waals surface area contributed by atoms with Crippen LogP contribution in [0.25, 0.3) is 10.2 Å². The van der Waals surface area contributed by atoms with Crippen LogP contribution in [0.5, 0.6) is 23.0 Å². The van der Waals surface area contributed by atoms with Crippen molar-refractivity contribution in [1.82, 2.24) is 10.4 Å². The number of aromatic nitrogens is 1. The quantitative estimate of drug-likeness (QED) is 0.600. The van der Waals surface area contributed by atoms with Gasteiger partial charge in [-0.2, -0.15) is 0 Å². The monoisotopic (exact) mass is 389 g/mol. The minimum Gasteiger partial charge on any atom is -0.497 e. The maximum atomic E-state index is 12.5. The van der Waals surface area contributed by atoms with E-state index in [0.717, 1.165) is 4.70 Å². The lowest BCUT2D eigenvalue weighted by molar-refractivity contribution is 0.0959. The Labute approximate surface area is 160 Å². The second-order valence-electron chi connectivity index (χ2n) is 5.34. The highest BCUT2D eigenvalue weighted by molar-refractivity contribution is 7.22. The molecule has 142 valence electrons. The number of nitrogens with zero attached hydrogens (tertiary/aromatic N) is 1. The van der Waals surface area contributed by atoms with Gasteiger partial charge in [0.25, 0.3) is 5.91 Å². The number of carbonyl (C=O) groups is 1. The Balaban J connectivity index is 1.79. The number of fused-ring (bicyclic) bond motifs is 1. The predicted molar refractivity (Wildman–Crippen MR) is 103 cm³/mol. The minimum atomic E-state index is -0.363. The van der Waals surface area contributed by atoms with E-state index in [-0.39, 0.29) is 5.91 Å². The van der Waals surface area contributed by atoms with E-state index in [4.69, 9.17) is 18.9 Å². The summed E-state index contributed by atoms with van der Waals surface area (Å²) in [6, 6.07) is 8.57. The second kappa shape index (κ2) is 8.00. The molecule has 0 unspecified atom stereocenters. The minimum absolute atomic E-state index is 0.363. The van der Waals surface area contributed by atoms with Gasteiger partial charge in [-0.25, -0.2) is 4.98 Å². The van der Waals surface area contributed by atoms with Crippen molar-refractivity contribution in [1.29, 1.82) is 0 Å². The average Bonchev–Trinajstić information content (AvgIpc) is 3.13. The van der Waals surface area contributed by atoms with Gasteiger partial charge in [-0.15, -0.1) is 0 Å². The lowest BCUT2D eigenvalue weighted by atomic mass is 10.2. The number of thiazole rings is 1. The first kappa shape index (κ1) is 18.6. The molecule has 2 aromatic carbocycles. The fourth-order valence-corrected chi connectivity index (χ4v) is 3.33. The van der Waals surface area contributed by atoms with Gasteiger partial charge in [-0.3, -0.25) is 15.6 Å². The molecular weight excluding hydrogens is 370 g/mol. The van der Waals surface area contributed by atoms with Crippen molar-refractivity contribution in [2.24, 2.45) is 0 Å². The molecule has 3 rings (SSSR count). The third-order valence-corrected chi connectivity index (χ3v) is 4.74. The topological polar surface area (TPSA) is 90.9 Å². The van der Waals surface area contributed by atoms with Crippen LogP contribution < -0.4 is 29.8 Å². The number of anilines is 1. The van der Waals surface area contributed by atoms with Crippen LogP contribution in [0, 0.1) is 0 Å². The fraction of sp³-hybridized carbons (Fsp3) is 0.222. The Morgan fingerprint density at radius 1 is 0.926 bits per heavy atom. The molecule has 3 aromatic rings. The maximum absolute atomic E-state index is 12.5. The first-order valence-electron chi connectivity index (χ1n) is 7.90. The van der Waals surface area contributed by atoms with Crippen molar-refractivity contribution >= 4 is 32.6 Å². The van der Waals surface area contributed by atoms with Gasteiger partial charge in [0, 0.05) is 12.1 Å². The molecule has 9 heteroatoms. The third kappa shape index (κ3) is 3.82. The van der Waals surface area contributed by atoms with Crippen molar-refractivity contribution in [3.05, 3.63) is 35.9 Å². The first-order chi connectivity index (χ1) is 13.1. The summed E-state index contributed by atoms with van der Waals surface area (Å²) in [6.07, 6.45) is 0. The average molecular weight is 389 g/mol. The number of methoxy groups -OCH3 is 4. The van der Waals surface area contributed by atoms with E-state index in [1.807, 2.05) is 6.07 Å². The van der Waals surface area contributed by atoms with Crippen LogP contribution in [0.3, 0.4) is 0 Å². The molecule has 0 fully saturated rings.